The zero-order valence-electron chi connectivity index (χ0n) is 9.77. The number of benzene rings is 1. The highest BCUT2D eigenvalue weighted by Gasteiger charge is 2.05. The molecular formula is C14H11BrN2O. The molecule has 0 saturated heterocycles. The first-order chi connectivity index (χ1) is 8.65. The SMILES string of the molecule is Cc1ccc2c(=O)[nH]c(-c3ccc(Br)cc3)cn12. The molecule has 18 heavy (non-hydrogen) atoms. The van der Waals surface area contributed by atoms with Crippen LogP contribution in [0.1, 0.15) is 5.69 Å². The van der Waals surface area contributed by atoms with Gasteiger partial charge in [0.15, 0.2) is 0 Å². The number of H-pyrrole nitrogens is 1. The van der Waals surface area contributed by atoms with Crippen molar-refractivity contribution in [1.29, 1.82) is 0 Å². The first-order valence-corrected chi connectivity index (χ1v) is 6.41. The van der Waals surface area contributed by atoms with Gasteiger partial charge in [0, 0.05) is 16.4 Å². The lowest BCUT2D eigenvalue weighted by Gasteiger charge is -2.04. The number of nitrogens with one attached hydrogen (secondary N) is 1. The van der Waals surface area contributed by atoms with E-state index in [4.69, 9.17) is 0 Å². The number of hydrogen-bond donors (Lipinski definition) is 1. The van der Waals surface area contributed by atoms with E-state index in [9.17, 15) is 4.79 Å². The maximum Gasteiger partial charge on any atom is 0.272 e. The van der Waals surface area contributed by atoms with E-state index in [0.717, 1.165) is 21.4 Å². The summed E-state index contributed by atoms with van der Waals surface area (Å²) in [5.41, 5.74) is 3.47. The van der Waals surface area contributed by atoms with Crippen molar-refractivity contribution in [2.45, 2.75) is 6.92 Å². The lowest BCUT2D eigenvalue weighted by atomic mass is 10.2. The summed E-state index contributed by atoms with van der Waals surface area (Å²) in [5, 5.41) is 0. The molecule has 3 rings (SSSR count). The van der Waals surface area contributed by atoms with Crippen LogP contribution in [0.5, 0.6) is 0 Å². The fourth-order valence-corrected chi connectivity index (χ4v) is 2.29. The molecule has 2 aromatic heterocycles. The van der Waals surface area contributed by atoms with Crippen LogP contribution in [0.4, 0.5) is 0 Å². The Bertz CT molecular complexity index is 769. The fraction of sp³-hybridized carbons (Fsp3) is 0.0714. The van der Waals surface area contributed by atoms with Crippen molar-refractivity contribution in [2.75, 3.05) is 0 Å². The predicted molar refractivity (Wildman–Crippen MR) is 75.9 cm³/mol. The minimum absolute atomic E-state index is 0.0662. The van der Waals surface area contributed by atoms with Crippen molar-refractivity contribution in [3.05, 3.63) is 63.1 Å². The van der Waals surface area contributed by atoms with Crippen LogP contribution in [-0.2, 0) is 0 Å². The Morgan fingerprint density at radius 3 is 2.56 bits per heavy atom. The van der Waals surface area contributed by atoms with Crippen LogP contribution in [0.15, 0.2) is 51.9 Å². The minimum Gasteiger partial charge on any atom is -0.319 e. The summed E-state index contributed by atoms with van der Waals surface area (Å²) < 4.78 is 2.93. The highest BCUT2D eigenvalue weighted by Crippen LogP contribution is 2.19. The van der Waals surface area contributed by atoms with Gasteiger partial charge in [0.1, 0.15) is 5.52 Å². The molecule has 3 aromatic rings. The van der Waals surface area contributed by atoms with Crippen LogP contribution >= 0.6 is 15.9 Å². The molecule has 90 valence electrons. The van der Waals surface area contributed by atoms with Gasteiger partial charge >= 0.3 is 0 Å². The molecular weight excluding hydrogens is 292 g/mol. The van der Waals surface area contributed by atoms with Gasteiger partial charge in [-0.25, -0.2) is 0 Å². The second-order valence-corrected chi connectivity index (χ2v) is 5.15. The van der Waals surface area contributed by atoms with E-state index in [-0.39, 0.29) is 5.56 Å². The summed E-state index contributed by atoms with van der Waals surface area (Å²) in [6.45, 7) is 1.98. The summed E-state index contributed by atoms with van der Waals surface area (Å²) >= 11 is 3.40. The van der Waals surface area contributed by atoms with Crippen molar-refractivity contribution in [3.63, 3.8) is 0 Å². The Labute approximate surface area is 112 Å². The number of aryl methyl sites for hydroxylation is 1. The van der Waals surface area contributed by atoms with E-state index in [0.29, 0.717) is 5.52 Å². The van der Waals surface area contributed by atoms with Gasteiger partial charge in [-0.1, -0.05) is 28.1 Å². The van der Waals surface area contributed by atoms with Crippen LogP contribution in [0.2, 0.25) is 0 Å². The van der Waals surface area contributed by atoms with Crippen LogP contribution in [0.3, 0.4) is 0 Å². The molecule has 0 bridgehead atoms. The second kappa shape index (κ2) is 4.14. The molecule has 1 aromatic carbocycles. The van der Waals surface area contributed by atoms with Crippen LogP contribution in [0, 0.1) is 6.92 Å². The normalized spacial score (nSPS) is 11.0. The summed E-state index contributed by atoms with van der Waals surface area (Å²) in [5.74, 6) is 0. The van der Waals surface area contributed by atoms with Gasteiger partial charge in [0.05, 0.1) is 5.69 Å². The molecule has 0 unspecified atom stereocenters. The van der Waals surface area contributed by atoms with Crippen molar-refractivity contribution >= 4 is 21.4 Å². The lowest BCUT2D eigenvalue weighted by Crippen LogP contribution is -2.10. The first kappa shape index (κ1) is 11.3. The quantitative estimate of drug-likeness (QED) is 0.735. The van der Waals surface area contributed by atoms with Gasteiger partial charge in [-0.15, -0.1) is 0 Å². The smallest absolute Gasteiger partial charge is 0.272 e. The van der Waals surface area contributed by atoms with Crippen molar-refractivity contribution in [1.82, 2.24) is 9.38 Å². The van der Waals surface area contributed by atoms with Gasteiger partial charge in [-0.2, -0.15) is 0 Å². The zero-order valence-corrected chi connectivity index (χ0v) is 11.4. The third kappa shape index (κ3) is 1.78. The number of halogens is 1. The number of nitrogens with zero attached hydrogens (tertiary/aromatic N) is 1. The average Bonchev–Trinajstić information content (AvgIpc) is 2.73. The number of fused-ring (bicyclic) bond motifs is 1. The number of aromatic nitrogens is 2. The van der Waals surface area contributed by atoms with Crippen LogP contribution in [-0.4, -0.2) is 9.38 Å². The lowest BCUT2D eigenvalue weighted by molar-refractivity contribution is 1.06. The molecule has 0 atom stereocenters. The van der Waals surface area contributed by atoms with Crippen molar-refractivity contribution < 1.29 is 0 Å². The van der Waals surface area contributed by atoms with E-state index in [1.165, 1.54) is 0 Å². The molecule has 0 amide bonds. The third-order valence-electron chi connectivity index (χ3n) is 3.02. The Balaban J connectivity index is 2.26. The molecule has 4 heteroatoms. The molecule has 0 saturated carbocycles. The molecule has 0 spiro atoms. The molecule has 0 radical (unpaired) electrons. The molecule has 1 N–H and O–H groups in total. The maximum atomic E-state index is 12.0. The molecule has 0 fully saturated rings. The van der Waals surface area contributed by atoms with Crippen molar-refractivity contribution in [3.8, 4) is 11.3 Å². The van der Waals surface area contributed by atoms with E-state index in [1.54, 1.807) is 0 Å². The van der Waals surface area contributed by atoms with E-state index < -0.39 is 0 Å². The Morgan fingerprint density at radius 2 is 1.83 bits per heavy atom. The van der Waals surface area contributed by atoms with Gasteiger partial charge in [0.25, 0.3) is 5.56 Å². The monoisotopic (exact) mass is 302 g/mol. The topological polar surface area (TPSA) is 37.3 Å². The van der Waals surface area contributed by atoms with Gasteiger partial charge in [-0.05, 0) is 36.8 Å². The second-order valence-electron chi connectivity index (χ2n) is 4.23. The van der Waals surface area contributed by atoms with Crippen molar-refractivity contribution in [2.24, 2.45) is 0 Å². The highest BCUT2D eigenvalue weighted by molar-refractivity contribution is 9.10. The van der Waals surface area contributed by atoms with Gasteiger partial charge in [0.2, 0.25) is 0 Å². The fourth-order valence-electron chi connectivity index (χ4n) is 2.03. The summed E-state index contributed by atoms with van der Waals surface area (Å²) in [7, 11) is 0. The average molecular weight is 303 g/mol. The predicted octanol–water partition coefficient (Wildman–Crippen LogP) is 3.37. The Hall–Kier alpha value is -1.81. The van der Waals surface area contributed by atoms with E-state index in [1.807, 2.05) is 53.9 Å². The Morgan fingerprint density at radius 1 is 1.11 bits per heavy atom. The number of hydrogen-bond acceptors (Lipinski definition) is 1. The van der Waals surface area contributed by atoms with E-state index in [2.05, 4.69) is 20.9 Å². The maximum absolute atomic E-state index is 12.0. The standard InChI is InChI=1S/C14H11BrN2O/c1-9-2-7-13-14(18)16-12(8-17(9)13)10-3-5-11(15)6-4-10/h2-8H,1H3,(H,16,18). The molecule has 3 nitrogen and oxygen atoms in total. The summed E-state index contributed by atoms with van der Waals surface area (Å²) in [4.78, 5) is 14.9. The first-order valence-electron chi connectivity index (χ1n) is 5.62. The molecule has 2 heterocycles. The minimum atomic E-state index is -0.0662. The molecule has 0 aliphatic rings. The number of rotatable bonds is 1. The third-order valence-corrected chi connectivity index (χ3v) is 3.54. The summed E-state index contributed by atoms with van der Waals surface area (Å²) in [6.07, 6.45) is 1.95. The van der Waals surface area contributed by atoms with Crippen LogP contribution in [0.25, 0.3) is 16.8 Å². The Kier molecular flexibility index (Phi) is 2.59. The zero-order chi connectivity index (χ0) is 12.7. The summed E-state index contributed by atoms with van der Waals surface area (Å²) in [6, 6.07) is 11.6. The van der Waals surface area contributed by atoms with Gasteiger partial charge < -0.3 is 9.38 Å². The van der Waals surface area contributed by atoms with Crippen LogP contribution < -0.4 is 5.56 Å². The highest BCUT2D eigenvalue weighted by atomic mass is 79.9. The molecule has 0 aliphatic heterocycles. The van der Waals surface area contributed by atoms with E-state index >= 15 is 0 Å². The number of aromatic amines is 1. The largest absolute Gasteiger partial charge is 0.319 e. The molecule has 0 aliphatic carbocycles. The van der Waals surface area contributed by atoms with Gasteiger partial charge in [-0.3, -0.25) is 4.79 Å².